The number of hydrazine groups is 1. The lowest BCUT2D eigenvalue weighted by Gasteiger charge is -2.35. The molecule has 0 aliphatic carbocycles. The van der Waals surface area contributed by atoms with Gasteiger partial charge in [0.1, 0.15) is 18.7 Å². The topological polar surface area (TPSA) is 199 Å². The van der Waals surface area contributed by atoms with E-state index in [-0.39, 0.29) is 38.4 Å². The van der Waals surface area contributed by atoms with Crippen LogP contribution in [0.3, 0.4) is 0 Å². The van der Waals surface area contributed by atoms with Crippen molar-refractivity contribution in [1.82, 2.24) is 31.4 Å². The molecule has 16 nitrogen and oxygen atoms in total. The van der Waals surface area contributed by atoms with E-state index in [9.17, 15) is 27.0 Å². The van der Waals surface area contributed by atoms with Crippen molar-refractivity contribution in [2.24, 2.45) is 10.8 Å². The highest BCUT2D eigenvalue weighted by atomic mass is 16.6. The molecule has 4 amide bonds. The molecule has 0 aliphatic heterocycles. The molecular formula is C44H64N6O10. The molecule has 5 N–H and O–H groups in total. The number of aliphatic hydroxyl groups excluding tert-OH is 1. The fraction of sp³-hybridized carbons (Fsp3) is 0.523. The molecule has 3 aromatic rings. The second kappa shape index (κ2) is 24.8. The number of carbonyl (C=O) groups excluding carboxylic acids is 4. The monoisotopic (exact) mass is 848 g/mol. The second-order valence-corrected chi connectivity index (χ2v) is 14.5. The van der Waals surface area contributed by atoms with Gasteiger partial charge in [0.05, 0.1) is 60.7 Å². The minimum atomic E-state index is -4.00. The average molecular weight is 848 g/mol. The normalized spacial score (nSPS) is 17.3. The van der Waals surface area contributed by atoms with Gasteiger partial charge in [0.25, 0.3) is 5.91 Å². The van der Waals surface area contributed by atoms with Crippen molar-refractivity contribution < 1.29 is 63.0 Å². The standard InChI is InChI=1S/C44H64N6O10/c1-43(2,3)37(47-41(54)57-8)39(52)46-35(28-31-14-10-9-11-15-31)36(51)30-50(29-32-17-19-33(20-18-32)34-16-12-13-21-45-34)49-40(53)38(44(4,5)6)48-42(55)60-27-26-59-25-24-58-23-22-56-7/h9-21,35-38,51H,22-30H2,1-8H3,(H,46,52)(H,47,54)(H,48,55)(H,49,53)/t35-,36-,37+,38+/m0/s1/i1D3,2D3,3D3,29D2. The van der Waals surface area contributed by atoms with E-state index in [1.54, 1.807) is 87.6 Å². The highest BCUT2D eigenvalue weighted by Gasteiger charge is 2.37. The van der Waals surface area contributed by atoms with E-state index in [2.05, 4.69) is 25.8 Å². The summed E-state index contributed by atoms with van der Waals surface area (Å²) in [6.07, 6.45) is -3.38. The van der Waals surface area contributed by atoms with Crippen LogP contribution in [0, 0.1) is 10.8 Å². The summed E-state index contributed by atoms with van der Waals surface area (Å²) in [4.78, 5) is 59.0. The van der Waals surface area contributed by atoms with Gasteiger partial charge >= 0.3 is 12.2 Å². The fourth-order valence-corrected chi connectivity index (χ4v) is 5.49. The van der Waals surface area contributed by atoms with Gasteiger partial charge in [-0.2, -0.15) is 0 Å². The summed E-state index contributed by atoms with van der Waals surface area (Å²) in [5.74, 6) is -2.68. The summed E-state index contributed by atoms with van der Waals surface area (Å²) in [6, 6.07) is 13.1. The number of carbonyl (C=O) groups is 4. The summed E-state index contributed by atoms with van der Waals surface area (Å²) in [5.41, 5.74) is -1.08. The Labute approximate surface area is 369 Å². The molecule has 1 heterocycles. The predicted octanol–water partition coefficient (Wildman–Crippen LogP) is 4.26. The third-order valence-electron chi connectivity index (χ3n) is 8.61. The van der Waals surface area contributed by atoms with E-state index in [0.29, 0.717) is 35.0 Å². The quantitative estimate of drug-likeness (QED) is 0.0673. The Morgan fingerprint density at radius 1 is 0.750 bits per heavy atom. The number of pyridine rings is 1. The van der Waals surface area contributed by atoms with Gasteiger partial charge < -0.3 is 44.7 Å². The van der Waals surface area contributed by atoms with E-state index in [0.717, 1.165) is 7.11 Å². The maximum absolute atomic E-state index is 14.5. The Kier molecular flexibility index (Phi) is 14.3. The van der Waals surface area contributed by atoms with Crippen LogP contribution < -0.4 is 21.4 Å². The molecule has 4 atom stereocenters. The van der Waals surface area contributed by atoms with Crippen molar-refractivity contribution in [3.63, 3.8) is 0 Å². The molecule has 330 valence electrons. The van der Waals surface area contributed by atoms with Crippen LogP contribution in [0.4, 0.5) is 9.59 Å². The molecule has 3 rings (SSSR count). The summed E-state index contributed by atoms with van der Waals surface area (Å²) in [7, 11) is 2.34. The number of alkyl carbamates (subject to hydrolysis) is 2. The maximum Gasteiger partial charge on any atom is 0.407 e. The first-order valence-corrected chi connectivity index (χ1v) is 19.1. The van der Waals surface area contributed by atoms with Gasteiger partial charge in [-0.1, -0.05) is 102 Å². The van der Waals surface area contributed by atoms with Crippen LogP contribution in [0.15, 0.2) is 79.0 Å². The highest BCUT2D eigenvalue weighted by Crippen LogP contribution is 2.23. The molecule has 0 fully saturated rings. The molecule has 0 saturated carbocycles. The van der Waals surface area contributed by atoms with E-state index in [1.165, 1.54) is 19.2 Å². The number of benzene rings is 2. The van der Waals surface area contributed by atoms with Crippen molar-refractivity contribution in [3.8, 4) is 11.3 Å². The third kappa shape index (κ3) is 17.6. The van der Waals surface area contributed by atoms with Crippen LogP contribution in [0.25, 0.3) is 11.3 Å². The van der Waals surface area contributed by atoms with Gasteiger partial charge in [-0.15, -0.1) is 0 Å². The lowest BCUT2D eigenvalue weighted by molar-refractivity contribution is -0.132. The van der Waals surface area contributed by atoms with E-state index >= 15 is 0 Å². The predicted molar refractivity (Wildman–Crippen MR) is 226 cm³/mol. The minimum absolute atomic E-state index is 0.0117. The van der Waals surface area contributed by atoms with Crippen molar-refractivity contribution >= 4 is 24.0 Å². The van der Waals surface area contributed by atoms with Crippen molar-refractivity contribution in [3.05, 3.63) is 90.1 Å². The Bertz CT molecular complexity index is 2110. The van der Waals surface area contributed by atoms with Crippen molar-refractivity contribution in [2.75, 3.05) is 60.4 Å². The largest absolute Gasteiger partial charge is 0.453 e. The Morgan fingerprint density at radius 2 is 1.37 bits per heavy atom. The van der Waals surface area contributed by atoms with E-state index in [4.69, 9.17) is 31.3 Å². The first-order valence-electron chi connectivity index (χ1n) is 24.6. The zero-order valence-corrected chi connectivity index (χ0v) is 34.5. The number of hydrogen-bond donors (Lipinski definition) is 5. The molecule has 0 saturated heterocycles. The van der Waals surface area contributed by atoms with Gasteiger partial charge in [0, 0.05) is 44.2 Å². The number of nitrogens with zero attached hydrogens (tertiary/aromatic N) is 2. The molecule has 1 aromatic heterocycles. The number of methoxy groups -OCH3 is 2. The third-order valence-corrected chi connectivity index (χ3v) is 8.61. The number of aliphatic hydroxyl groups is 1. The van der Waals surface area contributed by atoms with Gasteiger partial charge in [-0.3, -0.25) is 20.0 Å². The molecule has 0 radical (unpaired) electrons. The molecular weight excluding hydrogens is 773 g/mol. The second-order valence-electron chi connectivity index (χ2n) is 14.5. The molecule has 60 heavy (non-hydrogen) atoms. The number of aromatic nitrogens is 1. The lowest BCUT2D eigenvalue weighted by atomic mass is 9.85. The molecule has 2 aromatic carbocycles. The Morgan fingerprint density at radius 3 is 1.97 bits per heavy atom. The van der Waals surface area contributed by atoms with Crippen LogP contribution in [0.2, 0.25) is 0 Å². The van der Waals surface area contributed by atoms with Crippen LogP contribution in [0.1, 0.15) is 67.5 Å². The number of amides is 4. The van der Waals surface area contributed by atoms with E-state index in [1.807, 2.05) is 5.32 Å². The zero-order valence-electron chi connectivity index (χ0n) is 45.5. The fourth-order valence-electron chi connectivity index (χ4n) is 5.49. The number of hydrogen-bond acceptors (Lipinski definition) is 12. The smallest absolute Gasteiger partial charge is 0.407 e. The summed E-state index contributed by atoms with van der Waals surface area (Å²) in [5, 5.41) is 19.6. The van der Waals surface area contributed by atoms with Gasteiger partial charge in [-0.25, -0.2) is 14.6 Å². The SMILES string of the molecule is [2H]C([2H])(c1ccc(-c2ccccn2)cc1)N(C[C@H](O)[C@H](Cc1ccccc1)NC(=O)[C@@H](NC(=O)OC)C(C([2H])([2H])[2H])(C([2H])([2H])[2H])C([2H])([2H])[2H])NC(=O)[C@@H](NC(=O)OCCOCCOCCOC)C(C)(C)C. The average Bonchev–Trinajstić information content (AvgIpc) is 3.28. The summed E-state index contributed by atoms with van der Waals surface area (Å²) >= 11 is 0. The van der Waals surface area contributed by atoms with Gasteiger partial charge in [0.15, 0.2) is 0 Å². The molecule has 0 spiro atoms. The first kappa shape index (κ1) is 34.6. The highest BCUT2D eigenvalue weighted by molar-refractivity contribution is 5.87. The number of nitrogens with one attached hydrogen (secondary N) is 4. The van der Waals surface area contributed by atoms with E-state index < -0.39 is 92.7 Å². The van der Waals surface area contributed by atoms with Crippen LogP contribution >= 0.6 is 0 Å². The Hall–Kier alpha value is -5.13. The van der Waals surface area contributed by atoms with Crippen LogP contribution in [-0.2, 0) is 46.2 Å². The van der Waals surface area contributed by atoms with Crippen molar-refractivity contribution in [1.29, 1.82) is 0 Å². The van der Waals surface area contributed by atoms with Crippen molar-refractivity contribution in [2.45, 2.75) is 78.5 Å². The zero-order chi connectivity index (χ0) is 53.4. The van der Waals surface area contributed by atoms with Gasteiger partial charge in [0.2, 0.25) is 5.91 Å². The molecule has 0 bridgehead atoms. The van der Waals surface area contributed by atoms with Gasteiger partial charge in [-0.05, 0) is 40.5 Å². The molecule has 16 heteroatoms. The Balaban J connectivity index is 2.11. The van der Waals surface area contributed by atoms with Crippen LogP contribution in [0.5, 0.6) is 0 Å². The molecule has 0 aliphatic rings. The van der Waals surface area contributed by atoms with Crippen LogP contribution in [-0.4, -0.2) is 124 Å². The summed E-state index contributed by atoms with van der Waals surface area (Å²) in [6.45, 7) is -9.82. The lowest BCUT2D eigenvalue weighted by Crippen LogP contribution is -2.61. The summed E-state index contributed by atoms with van der Waals surface area (Å²) < 4.78 is 119. The maximum atomic E-state index is 14.5. The minimum Gasteiger partial charge on any atom is -0.453 e. The number of ether oxygens (including phenoxy) is 5. The molecule has 0 unspecified atom stereocenters. The first-order chi connectivity index (χ1) is 33.0. The number of rotatable bonds is 23.